The van der Waals surface area contributed by atoms with Crippen molar-refractivity contribution in [1.82, 2.24) is 15.0 Å². The number of para-hydroxylation sites is 1. The van der Waals surface area contributed by atoms with E-state index in [9.17, 15) is 26.7 Å². The maximum Gasteiger partial charge on any atom is 0.586 e. The second-order valence-electron chi connectivity index (χ2n) is 7.97. The lowest BCUT2D eigenvalue weighted by Gasteiger charge is -2.34. The van der Waals surface area contributed by atoms with Crippen LogP contribution in [0.4, 0.5) is 32.6 Å². The molecule has 0 aliphatic carbocycles. The van der Waals surface area contributed by atoms with E-state index in [1.807, 2.05) is 18.2 Å². The summed E-state index contributed by atoms with van der Waals surface area (Å²) in [6, 6.07) is 11.9. The Morgan fingerprint density at radius 3 is 2.35 bits per heavy atom. The number of amides is 2. The van der Waals surface area contributed by atoms with Crippen LogP contribution in [-0.2, 0) is 11.3 Å². The number of hydrogen-bond donors (Lipinski definition) is 2. The second-order valence-corrected chi connectivity index (χ2v) is 7.97. The van der Waals surface area contributed by atoms with Gasteiger partial charge in [0.15, 0.2) is 22.9 Å². The van der Waals surface area contributed by atoms with Gasteiger partial charge in [0.1, 0.15) is 0 Å². The van der Waals surface area contributed by atoms with Crippen LogP contribution >= 0.6 is 0 Å². The van der Waals surface area contributed by atoms with Crippen LogP contribution in [0.5, 0.6) is 11.5 Å². The Morgan fingerprint density at radius 1 is 1.03 bits per heavy atom. The lowest BCUT2D eigenvalue weighted by molar-refractivity contribution is -0.286. The van der Waals surface area contributed by atoms with E-state index >= 15 is 0 Å². The zero-order chi connectivity index (χ0) is 26.8. The van der Waals surface area contributed by atoms with Crippen LogP contribution in [0.1, 0.15) is 5.56 Å². The molecule has 10 nitrogen and oxygen atoms in total. The maximum atomic E-state index is 13.2. The van der Waals surface area contributed by atoms with Gasteiger partial charge in [-0.05, 0) is 29.8 Å². The van der Waals surface area contributed by atoms with Gasteiger partial charge in [0, 0.05) is 32.7 Å². The first-order valence-corrected chi connectivity index (χ1v) is 10.7. The number of nitrogens with one attached hydrogen (secondary N) is 1. The summed E-state index contributed by atoms with van der Waals surface area (Å²) in [6.45, 7) is 2.93. The molecule has 0 spiro atoms. The molecule has 1 aromatic heterocycles. The van der Waals surface area contributed by atoms with Crippen molar-refractivity contribution in [2.45, 2.75) is 19.0 Å². The Morgan fingerprint density at radius 2 is 1.68 bits per heavy atom. The van der Waals surface area contributed by atoms with Gasteiger partial charge in [0.2, 0.25) is 0 Å². The average Bonchev–Trinajstić information content (AvgIpc) is 3.38. The van der Waals surface area contributed by atoms with Crippen molar-refractivity contribution in [3.05, 3.63) is 48.0 Å². The summed E-state index contributed by atoms with van der Waals surface area (Å²) in [4.78, 5) is 25.3. The van der Waals surface area contributed by atoms with Crippen LogP contribution in [0.2, 0.25) is 0 Å². The second kappa shape index (κ2) is 10.1. The van der Waals surface area contributed by atoms with Crippen LogP contribution in [0.3, 0.4) is 0 Å². The third-order valence-corrected chi connectivity index (χ3v) is 5.38. The topological polar surface area (TPSA) is 117 Å². The Hall–Kier alpha value is -4.14. The van der Waals surface area contributed by atoms with E-state index in [0.29, 0.717) is 44.1 Å². The molecule has 0 bridgehead atoms. The number of carbonyl (C=O) groups is 2. The number of benzene rings is 2. The highest BCUT2D eigenvalue weighted by atomic mass is 19.4. The van der Waals surface area contributed by atoms with Crippen LogP contribution in [-0.4, -0.2) is 70.7 Å². The first-order valence-electron chi connectivity index (χ1n) is 10.7. The summed E-state index contributed by atoms with van der Waals surface area (Å²) in [5, 5.41) is 14.6. The van der Waals surface area contributed by atoms with E-state index in [-0.39, 0.29) is 17.5 Å². The van der Waals surface area contributed by atoms with Gasteiger partial charge in [-0.2, -0.15) is 13.2 Å². The molecule has 0 unspecified atom stereocenters. The van der Waals surface area contributed by atoms with Gasteiger partial charge in [-0.15, -0.1) is 8.78 Å². The fourth-order valence-corrected chi connectivity index (χ4v) is 3.62. The Balaban J connectivity index is 0.000000405. The number of carboxylic acid groups (broad SMARTS) is 1. The minimum atomic E-state index is -5.08. The molecular formula is C22H19F5N4O6. The summed E-state index contributed by atoms with van der Waals surface area (Å²) >= 11 is 0. The molecule has 2 amide bonds. The Labute approximate surface area is 205 Å². The third kappa shape index (κ3) is 6.35. The largest absolute Gasteiger partial charge is 0.586 e. The Kier molecular flexibility index (Phi) is 7.07. The highest BCUT2D eigenvalue weighted by Gasteiger charge is 2.43. The fraction of sp³-hybridized carbons (Fsp3) is 0.318. The van der Waals surface area contributed by atoms with Gasteiger partial charge < -0.3 is 24.0 Å². The van der Waals surface area contributed by atoms with Crippen molar-refractivity contribution >= 4 is 28.8 Å². The highest BCUT2D eigenvalue weighted by Crippen LogP contribution is 2.41. The van der Waals surface area contributed by atoms with E-state index in [2.05, 4.69) is 24.8 Å². The van der Waals surface area contributed by atoms with Gasteiger partial charge in [0.25, 0.3) is 0 Å². The predicted octanol–water partition coefficient (Wildman–Crippen LogP) is 4.13. The van der Waals surface area contributed by atoms with E-state index in [0.717, 1.165) is 10.9 Å². The number of fused-ring (bicyclic) bond motifs is 2. The number of carbonyl (C=O) groups excluding carboxylic acids is 1. The first-order chi connectivity index (χ1) is 17.4. The van der Waals surface area contributed by atoms with Crippen LogP contribution in [0, 0.1) is 0 Å². The molecule has 5 rings (SSSR count). The minimum Gasteiger partial charge on any atom is -0.475 e. The normalized spacial score (nSPS) is 16.7. The third-order valence-electron chi connectivity index (χ3n) is 5.38. The quantitative estimate of drug-likeness (QED) is 0.486. The summed E-state index contributed by atoms with van der Waals surface area (Å²) < 4.78 is 72.2. The number of hydrogen-bond acceptors (Lipinski definition) is 7. The average molecular weight is 530 g/mol. The fourth-order valence-electron chi connectivity index (χ4n) is 3.62. The smallest absolute Gasteiger partial charge is 0.475 e. The van der Waals surface area contributed by atoms with Crippen molar-refractivity contribution in [3.8, 4) is 11.5 Å². The number of aliphatic carboxylic acids is 1. The van der Waals surface area contributed by atoms with Crippen molar-refractivity contribution in [2.75, 3.05) is 31.5 Å². The molecule has 2 aliphatic rings. The minimum absolute atomic E-state index is 0.0330. The molecule has 2 aliphatic heterocycles. The molecule has 198 valence electrons. The number of aromatic nitrogens is 1. The van der Waals surface area contributed by atoms with Crippen molar-refractivity contribution in [3.63, 3.8) is 0 Å². The molecule has 0 radical (unpaired) electrons. The van der Waals surface area contributed by atoms with Gasteiger partial charge in [-0.1, -0.05) is 23.4 Å². The summed E-state index contributed by atoms with van der Waals surface area (Å²) in [6.07, 6.45) is -8.70. The molecular weight excluding hydrogens is 511 g/mol. The molecule has 2 aromatic carbocycles. The number of halogens is 5. The van der Waals surface area contributed by atoms with E-state index in [1.54, 1.807) is 23.1 Å². The molecule has 1 fully saturated rings. The molecule has 0 atom stereocenters. The van der Waals surface area contributed by atoms with Crippen molar-refractivity contribution in [1.29, 1.82) is 0 Å². The number of anilines is 1. The molecule has 15 heteroatoms. The number of rotatable bonds is 3. The number of piperazine rings is 1. The number of alkyl halides is 5. The van der Waals surface area contributed by atoms with Gasteiger partial charge in [-0.25, -0.2) is 9.59 Å². The summed E-state index contributed by atoms with van der Waals surface area (Å²) in [7, 11) is 0. The zero-order valence-electron chi connectivity index (χ0n) is 18.8. The monoisotopic (exact) mass is 530 g/mol. The number of nitrogens with zero attached hydrogens (tertiary/aromatic N) is 3. The van der Waals surface area contributed by atoms with E-state index < -0.39 is 18.4 Å². The Bertz CT molecular complexity index is 1290. The molecule has 3 heterocycles. The summed E-state index contributed by atoms with van der Waals surface area (Å²) in [5.74, 6) is -2.29. The molecule has 1 saturated heterocycles. The van der Waals surface area contributed by atoms with E-state index in [4.69, 9.17) is 14.4 Å². The van der Waals surface area contributed by atoms with Crippen LogP contribution in [0.25, 0.3) is 11.0 Å². The SMILES string of the molecule is O=C(Nc1noc2ccccc12)N1CCN(Cc2ccc3c(c2)OC(F)(F)O3)CC1.O=C(O)C(F)(F)F. The van der Waals surface area contributed by atoms with Crippen LogP contribution in [0.15, 0.2) is 47.0 Å². The van der Waals surface area contributed by atoms with E-state index in [1.165, 1.54) is 6.07 Å². The number of urea groups is 1. The molecule has 0 saturated carbocycles. The van der Waals surface area contributed by atoms with Gasteiger partial charge in [-0.3, -0.25) is 10.2 Å². The predicted molar refractivity (Wildman–Crippen MR) is 116 cm³/mol. The summed E-state index contributed by atoms with van der Waals surface area (Å²) in [5.41, 5.74) is 1.45. The van der Waals surface area contributed by atoms with Crippen molar-refractivity contribution < 1.29 is 50.6 Å². The van der Waals surface area contributed by atoms with Gasteiger partial charge >= 0.3 is 24.5 Å². The molecule has 2 N–H and O–H groups in total. The highest BCUT2D eigenvalue weighted by molar-refractivity contribution is 5.98. The standard InChI is InChI=1S/C20H18F2N4O4.C2HF3O2/c21-20(22)28-16-6-5-13(11-17(16)29-20)12-25-7-9-26(10-8-25)19(27)23-18-14-3-1-2-4-15(14)30-24-18;3-2(4,5)1(6)7/h1-6,11H,7-10,12H2,(H,23,24,27);(H,6,7). The number of carboxylic acids is 1. The molecule has 3 aromatic rings. The van der Waals surface area contributed by atoms with Crippen LogP contribution < -0.4 is 14.8 Å². The lowest BCUT2D eigenvalue weighted by Crippen LogP contribution is -2.49. The van der Waals surface area contributed by atoms with Crippen molar-refractivity contribution in [2.24, 2.45) is 0 Å². The lowest BCUT2D eigenvalue weighted by atomic mass is 10.1. The zero-order valence-corrected chi connectivity index (χ0v) is 18.8. The number of ether oxygens (including phenoxy) is 2. The molecule has 37 heavy (non-hydrogen) atoms. The maximum absolute atomic E-state index is 13.2. The van der Waals surface area contributed by atoms with Gasteiger partial charge in [0.05, 0.1) is 5.39 Å². The first kappa shape index (κ1) is 25.9.